The molecule has 4 aromatic rings. The van der Waals surface area contributed by atoms with Gasteiger partial charge in [0.1, 0.15) is 0 Å². The highest BCUT2D eigenvalue weighted by Crippen LogP contribution is 2.41. The standard InChI is InChI=1S/C40H50N6O/c1-25-18-26(2)20-31(19-25)37-36(27(3)22-43-39(41)45-17-14-30(24-45)29-12-15-42-16-13-29)34-21-32(8-11-35(34)44-37)40(4,5)38(47)46-23-28-6-9-33(46)10-7-28/h8,11-13,15-16,18-21,27-28,30,33,44H,6-7,9-10,14,17,22-24H2,1-5H3,(H2,41,43)/t27-,28?,30?,33?/m0/s1. The molecule has 2 bridgehead atoms. The molecule has 1 saturated carbocycles. The van der Waals surface area contributed by atoms with Gasteiger partial charge in [0.25, 0.3) is 0 Å². The van der Waals surface area contributed by atoms with Crippen LogP contribution in [0.25, 0.3) is 22.2 Å². The fourth-order valence-corrected chi connectivity index (χ4v) is 8.59. The Labute approximate surface area is 279 Å². The molecule has 1 unspecified atom stereocenters. The van der Waals surface area contributed by atoms with E-state index >= 15 is 0 Å². The number of hydrogen-bond acceptors (Lipinski definition) is 3. The zero-order valence-corrected chi connectivity index (χ0v) is 28.7. The number of pyridine rings is 1. The summed E-state index contributed by atoms with van der Waals surface area (Å²) in [5, 5.41) is 13.6. The number of amides is 1. The largest absolute Gasteiger partial charge is 0.356 e. The van der Waals surface area contributed by atoms with Gasteiger partial charge < -0.3 is 20.1 Å². The molecule has 1 amide bonds. The van der Waals surface area contributed by atoms with Crippen molar-refractivity contribution >= 4 is 22.8 Å². The smallest absolute Gasteiger partial charge is 0.232 e. The molecule has 4 fully saturated rings. The lowest BCUT2D eigenvalue weighted by Crippen LogP contribution is -2.55. The predicted molar refractivity (Wildman–Crippen MR) is 191 cm³/mol. The van der Waals surface area contributed by atoms with Gasteiger partial charge in [-0.25, -0.2) is 0 Å². The normalized spacial score (nSPS) is 21.8. The zero-order valence-electron chi connectivity index (χ0n) is 28.7. The molecule has 2 atom stereocenters. The first-order valence-electron chi connectivity index (χ1n) is 17.6. The van der Waals surface area contributed by atoms with E-state index in [1.165, 1.54) is 40.7 Å². The number of carbonyl (C=O) groups excluding carboxylic acids is 1. The maximum absolute atomic E-state index is 14.2. The van der Waals surface area contributed by atoms with Crippen LogP contribution in [-0.2, 0) is 10.2 Å². The van der Waals surface area contributed by atoms with Crippen LogP contribution >= 0.6 is 0 Å². The van der Waals surface area contributed by atoms with Crippen molar-refractivity contribution in [2.75, 3.05) is 26.2 Å². The van der Waals surface area contributed by atoms with Crippen LogP contribution in [0.3, 0.4) is 0 Å². The van der Waals surface area contributed by atoms with Crippen LogP contribution in [0.5, 0.6) is 0 Å². The highest BCUT2D eigenvalue weighted by atomic mass is 16.2. The summed E-state index contributed by atoms with van der Waals surface area (Å²) >= 11 is 0. The van der Waals surface area contributed by atoms with E-state index in [0.717, 1.165) is 61.1 Å². The second-order valence-corrected chi connectivity index (χ2v) is 15.2. The number of carbonyl (C=O) groups is 1. The first kappa shape index (κ1) is 31.5. The topological polar surface area (TPSA) is 88.1 Å². The third kappa shape index (κ3) is 6.05. The van der Waals surface area contributed by atoms with Gasteiger partial charge in [0.2, 0.25) is 5.91 Å². The fraction of sp³-hybridized carbons (Fsp3) is 0.475. The minimum atomic E-state index is -0.620. The molecule has 0 spiro atoms. The Morgan fingerprint density at radius 2 is 1.72 bits per heavy atom. The van der Waals surface area contributed by atoms with Gasteiger partial charge in [-0.2, -0.15) is 0 Å². The fourth-order valence-electron chi connectivity index (χ4n) is 8.59. The molecule has 2 aromatic carbocycles. The quantitative estimate of drug-likeness (QED) is 0.145. The Balaban J connectivity index is 1.18. The molecule has 0 radical (unpaired) electrons. The lowest BCUT2D eigenvalue weighted by Gasteiger charge is -2.47. The Bertz CT molecular complexity index is 1760. The highest BCUT2D eigenvalue weighted by Gasteiger charge is 2.42. The number of benzene rings is 2. The summed E-state index contributed by atoms with van der Waals surface area (Å²) in [6.07, 6.45) is 9.58. The lowest BCUT2D eigenvalue weighted by molar-refractivity contribution is -0.144. The maximum atomic E-state index is 14.2. The monoisotopic (exact) mass is 630 g/mol. The summed E-state index contributed by atoms with van der Waals surface area (Å²) in [6, 6.07) is 17.9. The average molecular weight is 631 g/mol. The van der Waals surface area contributed by atoms with E-state index in [4.69, 9.17) is 5.41 Å². The molecule has 7 heteroatoms. The van der Waals surface area contributed by atoms with Gasteiger partial charge >= 0.3 is 0 Å². The first-order chi connectivity index (χ1) is 22.6. The number of hydrogen-bond donors (Lipinski definition) is 3. The van der Waals surface area contributed by atoms with Crippen molar-refractivity contribution in [2.45, 2.75) is 90.0 Å². The number of guanidine groups is 1. The minimum absolute atomic E-state index is 0.116. The molecule has 8 rings (SSSR count). The van der Waals surface area contributed by atoms with Gasteiger partial charge in [-0.3, -0.25) is 15.2 Å². The second-order valence-electron chi connectivity index (χ2n) is 15.2. The van der Waals surface area contributed by atoms with Crippen LogP contribution in [0.15, 0.2) is 60.9 Å². The maximum Gasteiger partial charge on any atom is 0.232 e. The number of aryl methyl sites for hydroxylation is 2. The van der Waals surface area contributed by atoms with Crippen LogP contribution in [0.2, 0.25) is 0 Å². The Hall–Kier alpha value is -4.13. The van der Waals surface area contributed by atoms with Crippen molar-refractivity contribution in [3.05, 3.63) is 88.7 Å². The van der Waals surface area contributed by atoms with Crippen LogP contribution in [-0.4, -0.2) is 63.9 Å². The van der Waals surface area contributed by atoms with Crippen molar-refractivity contribution in [1.29, 1.82) is 5.41 Å². The molecule has 3 aliphatic heterocycles. The summed E-state index contributed by atoms with van der Waals surface area (Å²) in [5.41, 5.74) is 8.84. The van der Waals surface area contributed by atoms with E-state index in [2.05, 4.69) is 108 Å². The third-order valence-corrected chi connectivity index (χ3v) is 11.3. The van der Waals surface area contributed by atoms with Gasteiger partial charge in [-0.15, -0.1) is 0 Å². The van der Waals surface area contributed by atoms with Crippen molar-refractivity contribution in [3.8, 4) is 11.3 Å². The van der Waals surface area contributed by atoms with Crippen molar-refractivity contribution in [1.82, 2.24) is 25.1 Å². The Morgan fingerprint density at radius 3 is 2.40 bits per heavy atom. The Kier molecular flexibility index (Phi) is 8.35. The second kappa shape index (κ2) is 12.5. The number of nitrogens with one attached hydrogen (secondary N) is 3. The third-order valence-electron chi connectivity index (χ3n) is 11.3. The van der Waals surface area contributed by atoms with E-state index < -0.39 is 5.41 Å². The molecule has 47 heavy (non-hydrogen) atoms. The molecular formula is C40H50N6O. The highest BCUT2D eigenvalue weighted by molar-refractivity contribution is 5.95. The minimum Gasteiger partial charge on any atom is -0.356 e. The SMILES string of the molecule is Cc1cc(C)cc(-c2[nH]c3ccc(C(C)(C)C(=O)N4CC5CCC4CC5)cc3c2[C@@H](C)CNC(=N)N2CCC(c3ccncc3)C2)c1. The number of likely N-dealkylation sites (tertiary alicyclic amines) is 1. The van der Waals surface area contributed by atoms with Crippen LogP contribution in [0, 0.1) is 25.2 Å². The molecule has 1 aliphatic carbocycles. The van der Waals surface area contributed by atoms with Crippen LogP contribution in [0.1, 0.15) is 92.5 Å². The van der Waals surface area contributed by atoms with E-state index in [1.54, 1.807) is 0 Å². The summed E-state index contributed by atoms with van der Waals surface area (Å²) in [5.74, 6) is 1.95. The van der Waals surface area contributed by atoms with Gasteiger partial charge in [0.15, 0.2) is 5.96 Å². The van der Waals surface area contributed by atoms with Gasteiger partial charge in [0.05, 0.1) is 11.1 Å². The molecule has 4 aliphatic rings. The van der Waals surface area contributed by atoms with Crippen LogP contribution < -0.4 is 5.32 Å². The van der Waals surface area contributed by atoms with E-state index in [1.807, 2.05) is 12.4 Å². The van der Waals surface area contributed by atoms with Crippen molar-refractivity contribution in [3.63, 3.8) is 0 Å². The van der Waals surface area contributed by atoms with Gasteiger partial charge in [0, 0.05) is 67.4 Å². The van der Waals surface area contributed by atoms with Gasteiger partial charge in [-0.05, 0) is 124 Å². The molecule has 2 aromatic heterocycles. The number of rotatable bonds is 7. The number of fused-ring (bicyclic) bond motifs is 4. The van der Waals surface area contributed by atoms with E-state index in [-0.39, 0.29) is 11.8 Å². The lowest BCUT2D eigenvalue weighted by atomic mass is 9.76. The average Bonchev–Trinajstić information content (AvgIpc) is 3.73. The Morgan fingerprint density at radius 1 is 1.00 bits per heavy atom. The first-order valence-corrected chi connectivity index (χ1v) is 17.6. The molecule has 3 saturated heterocycles. The molecular weight excluding hydrogens is 580 g/mol. The molecule has 5 heterocycles. The number of piperidine rings is 2. The number of nitrogens with zero attached hydrogens (tertiary/aromatic N) is 3. The number of aromatic amines is 1. The van der Waals surface area contributed by atoms with E-state index in [9.17, 15) is 4.79 Å². The summed E-state index contributed by atoms with van der Waals surface area (Å²) in [7, 11) is 0. The van der Waals surface area contributed by atoms with Crippen molar-refractivity contribution in [2.24, 2.45) is 5.92 Å². The van der Waals surface area contributed by atoms with Gasteiger partial charge in [-0.1, -0.05) is 30.2 Å². The zero-order chi connectivity index (χ0) is 32.9. The van der Waals surface area contributed by atoms with E-state index in [0.29, 0.717) is 30.4 Å². The summed E-state index contributed by atoms with van der Waals surface area (Å²) in [4.78, 5) is 26.5. The molecule has 7 nitrogen and oxygen atoms in total. The predicted octanol–water partition coefficient (Wildman–Crippen LogP) is 7.64. The molecule has 246 valence electrons. The molecule has 3 N–H and O–H groups in total. The van der Waals surface area contributed by atoms with Crippen LogP contribution in [0.4, 0.5) is 0 Å². The van der Waals surface area contributed by atoms with Crippen molar-refractivity contribution < 1.29 is 4.79 Å². The number of H-pyrrole nitrogens is 1. The summed E-state index contributed by atoms with van der Waals surface area (Å²) < 4.78 is 0. The number of aromatic nitrogens is 2. The summed E-state index contributed by atoms with van der Waals surface area (Å²) in [6.45, 7) is 14.1.